The van der Waals surface area contributed by atoms with Crippen LogP contribution in [0.5, 0.6) is 11.5 Å². The van der Waals surface area contributed by atoms with Gasteiger partial charge < -0.3 is 20.1 Å². The smallest absolute Gasteiger partial charge is 0.276 e. The van der Waals surface area contributed by atoms with Crippen LogP contribution in [0, 0.1) is 6.92 Å². The molecule has 30 heavy (non-hydrogen) atoms. The van der Waals surface area contributed by atoms with E-state index in [1.54, 1.807) is 36.1 Å². The van der Waals surface area contributed by atoms with Crippen molar-refractivity contribution >= 4 is 23.2 Å². The lowest BCUT2D eigenvalue weighted by atomic mass is 10.1. The van der Waals surface area contributed by atoms with Crippen LogP contribution in [0.4, 0.5) is 11.4 Å². The number of amides is 2. The second-order valence-electron chi connectivity index (χ2n) is 6.50. The Morgan fingerprint density at radius 3 is 2.10 bits per heavy atom. The molecule has 3 aromatic rings. The number of carbonyl (C=O) groups is 2. The van der Waals surface area contributed by atoms with E-state index < -0.39 is 11.8 Å². The predicted molar refractivity (Wildman–Crippen MR) is 111 cm³/mol. The quantitative estimate of drug-likeness (QED) is 0.617. The molecule has 3 rings (SSSR count). The monoisotopic (exact) mass is 412 g/mol. The maximum Gasteiger partial charge on any atom is 0.276 e. The molecule has 158 valence electrons. The maximum atomic E-state index is 13.0. The maximum absolute atomic E-state index is 13.0. The molecule has 0 saturated heterocycles. The minimum atomic E-state index is -0.422. The molecular weight excluding hydrogens is 388 g/mol. The van der Waals surface area contributed by atoms with E-state index in [4.69, 9.17) is 9.47 Å². The van der Waals surface area contributed by atoms with Crippen LogP contribution in [0.2, 0.25) is 0 Å². The molecule has 0 aliphatic carbocycles. The van der Waals surface area contributed by atoms with Crippen LogP contribution in [0.25, 0.3) is 0 Å². The van der Waals surface area contributed by atoms with Gasteiger partial charge in [-0.1, -0.05) is 0 Å². The van der Waals surface area contributed by atoms with Gasteiger partial charge in [0, 0.05) is 25.2 Å². The first-order valence-corrected chi connectivity index (χ1v) is 9.28. The first-order chi connectivity index (χ1) is 14.4. The normalized spacial score (nSPS) is 10.6. The summed E-state index contributed by atoms with van der Waals surface area (Å²) in [5, 5.41) is 13.9. The summed E-state index contributed by atoms with van der Waals surface area (Å²) in [6.07, 6.45) is 3.02. The van der Waals surface area contributed by atoms with Crippen LogP contribution in [-0.4, -0.2) is 45.6 Å². The summed E-state index contributed by atoms with van der Waals surface area (Å²) in [4.78, 5) is 25.8. The van der Waals surface area contributed by atoms with Crippen LogP contribution >= 0.6 is 0 Å². The largest absolute Gasteiger partial charge is 0.497 e. The lowest BCUT2D eigenvalue weighted by molar-refractivity contribution is 0.101. The molecule has 0 bridgehead atoms. The van der Waals surface area contributed by atoms with Crippen LogP contribution in [0.15, 0.2) is 30.6 Å². The van der Waals surface area contributed by atoms with E-state index in [0.717, 1.165) is 5.69 Å². The van der Waals surface area contributed by atoms with E-state index in [0.29, 0.717) is 35.0 Å². The summed E-state index contributed by atoms with van der Waals surface area (Å²) in [6, 6.07) is 4.84. The second-order valence-corrected chi connectivity index (χ2v) is 6.50. The van der Waals surface area contributed by atoms with Gasteiger partial charge in [-0.05, 0) is 26.0 Å². The average Bonchev–Trinajstić information content (AvgIpc) is 3.30. The number of rotatable bonds is 7. The Labute approximate surface area is 173 Å². The molecule has 2 heterocycles. The van der Waals surface area contributed by atoms with Gasteiger partial charge in [0.25, 0.3) is 11.8 Å². The van der Waals surface area contributed by atoms with Crippen molar-refractivity contribution in [3.05, 3.63) is 47.5 Å². The fourth-order valence-corrected chi connectivity index (χ4v) is 2.89. The zero-order chi connectivity index (χ0) is 21.8. The number of nitrogens with zero attached hydrogens (tertiary/aromatic N) is 4. The number of hydrogen-bond donors (Lipinski definition) is 2. The summed E-state index contributed by atoms with van der Waals surface area (Å²) in [5.74, 6) is 0.140. The third kappa shape index (κ3) is 4.12. The van der Waals surface area contributed by atoms with Crippen molar-refractivity contribution in [2.24, 2.45) is 7.05 Å². The van der Waals surface area contributed by atoms with Gasteiger partial charge in [-0.25, -0.2) is 0 Å². The molecule has 0 spiro atoms. The molecule has 0 saturated carbocycles. The van der Waals surface area contributed by atoms with E-state index in [1.165, 1.54) is 25.1 Å². The number of ether oxygens (including phenoxy) is 2. The topological polar surface area (TPSA) is 112 Å². The number of nitrogens with one attached hydrogen (secondary N) is 2. The average molecular weight is 412 g/mol. The Bertz CT molecular complexity index is 1060. The van der Waals surface area contributed by atoms with Crippen molar-refractivity contribution in [2.45, 2.75) is 20.4 Å². The number of anilines is 2. The van der Waals surface area contributed by atoms with Crippen molar-refractivity contribution in [3.63, 3.8) is 0 Å². The van der Waals surface area contributed by atoms with Crippen molar-refractivity contribution in [1.29, 1.82) is 0 Å². The zero-order valence-electron chi connectivity index (χ0n) is 17.5. The molecule has 2 aromatic heterocycles. The van der Waals surface area contributed by atoms with Gasteiger partial charge in [0.15, 0.2) is 0 Å². The van der Waals surface area contributed by atoms with Gasteiger partial charge >= 0.3 is 0 Å². The fraction of sp³-hybridized carbons (Fsp3) is 0.300. The Hall–Kier alpha value is -3.82. The number of aromatic nitrogens is 4. The molecule has 0 fully saturated rings. The van der Waals surface area contributed by atoms with Crippen molar-refractivity contribution in [1.82, 2.24) is 19.6 Å². The number of carbonyl (C=O) groups excluding carboxylic acids is 2. The van der Waals surface area contributed by atoms with Crippen LogP contribution in [-0.2, 0) is 13.6 Å². The molecule has 1 aromatic carbocycles. The van der Waals surface area contributed by atoms with Crippen LogP contribution in [0.1, 0.15) is 33.5 Å². The molecule has 0 aliphatic rings. The SMILES string of the molecule is CCn1ncc(NC(=O)c2cc(OC)cc(OC)c2)c1C(=O)Nc1cnn(C)c1C. The molecule has 0 atom stereocenters. The molecule has 2 N–H and O–H groups in total. The summed E-state index contributed by atoms with van der Waals surface area (Å²) >= 11 is 0. The number of aryl methyl sites for hydroxylation is 2. The second kappa shape index (κ2) is 8.68. The van der Waals surface area contributed by atoms with Gasteiger partial charge in [-0.3, -0.25) is 19.0 Å². The van der Waals surface area contributed by atoms with Gasteiger partial charge in [-0.15, -0.1) is 0 Å². The Morgan fingerprint density at radius 1 is 0.967 bits per heavy atom. The van der Waals surface area contributed by atoms with E-state index in [9.17, 15) is 9.59 Å². The van der Waals surface area contributed by atoms with E-state index in [1.807, 2.05) is 13.8 Å². The summed E-state index contributed by atoms with van der Waals surface area (Å²) < 4.78 is 13.6. The van der Waals surface area contributed by atoms with Crippen molar-refractivity contribution in [2.75, 3.05) is 24.9 Å². The molecule has 0 aliphatic heterocycles. The highest BCUT2D eigenvalue weighted by molar-refractivity contribution is 6.11. The van der Waals surface area contributed by atoms with E-state index in [2.05, 4.69) is 20.8 Å². The number of benzene rings is 1. The Balaban J connectivity index is 1.89. The summed E-state index contributed by atoms with van der Waals surface area (Å²) in [6.45, 7) is 4.16. The standard InChI is InChI=1S/C20H24N6O4/c1-6-26-18(20(28)23-16-10-21-25(3)12(16)2)17(11-22-26)24-19(27)13-7-14(29-4)9-15(8-13)30-5/h7-11H,6H2,1-5H3,(H,23,28)(H,24,27). The molecular formula is C20H24N6O4. The lowest BCUT2D eigenvalue weighted by Crippen LogP contribution is -2.21. The van der Waals surface area contributed by atoms with Crippen LogP contribution < -0.4 is 20.1 Å². The highest BCUT2D eigenvalue weighted by Gasteiger charge is 2.22. The van der Waals surface area contributed by atoms with Gasteiger partial charge in [0.05, 0.1) is 43.7 Å². The van der Waals surface area contributed by atoms with Gasteiger partial charge in [0.1, 0.15) is 17.2 Å². The minimum absolute atomic E-state index is 0.240. The molecule has 0 radical (unpaired) electrons. The molecule has 10 nitrogen and oxygen atoms in total. The lowest BCUT2D eigenvalue weighted by Gasteiger charge is -2.11. The molecule has 2 amide bonds. The van der Waals surface area contributed by atoms with Crippen LogP contribution in [0.3, 0.4) is 0 Å². The van der Waals surface area contributed by atoms with Gasteiger partial charge in [0.2, 0.25) is 0 Å². The fourth-order valence-electron chi connectivity index (χ4n) is 2.89. The zero-order valence-corrected chi connectivity index (χ0v) is 17.5. The third-order valence-electron chi connectivity index (χ3n) is 4.70. The summed E-state index contributed by atoms with van der Waals surface area (Å²) in [5.41, 5.74) is 2.25. The van der Waals surface area contributed by atoms with E-state index in [-0.39, 0.29) is 5.69 Å². The van der Waals surface area contributed by atoms with E-state index >= 15 is 0 Å². The minimum Gasteiger partial charge on any atom is -0.497 e. The Morgan fingerprint density at radius 2 is 1.57 bits per heavy atom. The first kappa shape index (κ1) is 20.9. The first-order valence-electron chi connectivity index (χ1n) is 9.28. The summed E-state index contributed by atoms with van der Waals surface area (Å²) in [7, 11) is 4.80. The Kier molecular flexibility index (Phi) is 6.05. The van der Waals surface area contributed by atoms with Crippen molar-refractivity contribution in [3.8, 4) is 11.5 Å². The third-order valence-corrected chi connectivity index (χ3v) is 4.70. The highest BCUT2D eigenvalue weighted by atomic mass is 16.5. The number of methoxy groups -OCH3 is 2. The predicted octanol–water partition coefficient (Wildman–Crippen LogP) is 2.47. The molecule has 0 unspecified atom stereocenters. The molecule has 10 heteroatoms. The van der Waals surface area contributed by atoms with Crippen molar-refractivity contribution < 1.29 is 19.1 Å². The van der Waals surface area contributed by atoms with Gasteiger partial charge in [-0.2, -0.15) is 10.2 Å². The number of hydrogen-bond acceptors (Lipinski definition) is 6. The highest BCUT2D eigenvalue weighted by Crippen LogP contribution is 2.24.